The lowest BCUT2D eigenvalue weighted by atomic mass is 9.68. The van der Waals surface area contributed by atoms with Crippen molar-refractivity contribution in [2.24, 2.45) is 0 Å². The topological polar surface area (TPSA) is 62.3 Å². The van der Waals surface area contributed by atoms with Crippen LogP contribution < -0.4 is 4.74 Å². The summed E-state index contributed by atoms with van der Waals surface area (Å²) in [6, 6.07) is 18.6. The van der Waals surface area contributed by atoms with Crippen LogP contribution in [0.25, 0.3) is 0 Å². The van der Waals surface area contributed by atoms with Gasteiger partial charge in [-0.05, 0) is 83.8 Å². The monoisotopic (exact) mass is 521 g/mol. The second kappa shape index (κ2) is 11.0. The first-order chi connectivity index (χ1) is 18.0. The third kappa shape index (κ3) is 5.83. The van der Waals surface area contributed by atoms with E-state index in [1.165, 1.54) is 5.56 Å². The van der Waals surface area contributed by atoms with E-state index in [1.807, 2.05) is 54.8 Å². The van der Waals surface area contributed by atoms with Gasteiger partial charge in [-0.2, -0.15) is 0 Å². The van der Waals surface area contributed by atoms with Gasteiger partial charge >= 0.3 is 12.0 Å². The maximum absolute atomic E-state index is 13.8. The average molecular weight is 522 g/mol. The summed E-state index contributed by atoms with van der Waals surface area (Å²) in [6.45, 7) is 7.17. The predicted octanol–water partition coefficient (Wildman–Crippen LogP) is 5.43. The molecule has 1 saturated carbocycles. The second-order valence-corrected chi connectivity index (χ2v) is 12.0. The molecular formula is C31H43N3O4. The number of rotatable bonds is 8. The van der Waals surface area contributed by atoms with Crippen molar-refractivity contribution in [3.63, 3.8) is 0 Å². The zero-order valence-electron chi connectivity index (χ0n) is 23.8. The number of esters is 1. The van der Waals surface area contributed by atoms with Crippen molar-refractivity contribution in [1.82, 2.24) is 14.7 Å². The van der Waals surface area contributed by atoms with E-state index in [0.29, 0.717) is 19.6 Å². The lowest BCUT2D eigenvalue weighted by Gasteiger charge is -2.51. The van der Waals surface area contributed by atoms with Gasteiger partial charge in [0.1, 0.15) is 11.4 Å². The van der Waals surface area contributed by atoms with Gasteiger partial charge in [0.05, 0.1) is 19.1 Å². The smallest absolute Gasteiger partial charge is 0.320 e. The lowest BCUT2D eigenvalue weighted by molar-refractivity contribution is -0.155. The highest BCUT2D eigenvalue weighted by atomic mass is 16.6. The van der Waals surface area contributed by atoms with Crippen LogP contribution in [0.1, 0.15) is 64.0 Å². The molecule has 1 aliphatic heterocycles. The van der Waals surface area contributed by atoms with Gasteiger partial charge in [-0.3, -0.25) is 9.69 Å². The van der Waals surface area contributed by atoms with Crippen molar-refractivity contribution in [1.29, 1.82) is 0 Å². The number of nitrogens with zero attached hydrogens (tertiary/aromatic N) is 3. The Morgan fingerprint density at radius 1 is 0.974 bits per heavy atom. The van der Waals surface area contributed by atoms with Crippen LogP contribution in [0.4, 0.5) is 4.79 Å². The Morgan fingerprint density at radius 2 is 1.61 bits per heavy atom. The molecule has 2 fully saturated rings. The molecule has 1 saturated heterocycles. The predicted molar refractivity (Wildman–Crippen MR) is 149 cm³/mol. The third-order valence-corrected chi connectivity index (χ3v) is 8.23. The molecule has 0 aromatic heterocycles. The number of carbonyl (C=O) groups is 2. The van der Waals surface area contributed by atoms with Crippen LogP contribution in [0.5, 0.6) is 5.75 Å². The SMILES string of the molecule is COc1ccc(CN2C[C@]3(CC[C@](c4ccccc4)(N(C)C)CC3)N(CCC(=O)OC(C)(C)C)C2=O)cc1. The average Bonchev–Trinajstić information content (AvgIpc) is 3.13. The normalized spacial score (nSPS) is 23.8. The van der Waals surface area contributed by atoms with Gasteiger partial charge in [-0.1, -0.05) is 42.5 Å². The zero-order chi connectivity index (χ0) is 27.6. The Labute approximate surface area is 227 Å². The molecule has 0 bridgehead atoms. The van der Waals surface area contributed by atoms with E-state index < -0.39 is 5.60 Å². The fourth-order valence-electron chi connectivity index (χ4n) is 6.18. The summed E-state index contributed by atoms with van der Waals surface area (Å²) < 4.78 is 10.9. The summed E-state index contributed by atoms with van der Waals surface area (Å²) in [7, 11) is 5.96. The van der Waals surface area contributed by atoms with Crippen LogP contribution >= 0.6 is 0 Å². The number of hydrogen-bond acceptors (Lipinski definition) is 5. The molecule has 1 heterocycles. The van der Waals surface area contributed by atoms with E-state index >= 15 is 0 Å². The van der Waals surface area contributed by atoms with E-state index in [1.54, 1.807) is 7.11 Å². The molecule has 206 valence electrons. The minimum absolute atomic E-state index is 0.00133. The van der Waals surface area contributed by atoms with E-state index in [2.05, 4.69) is 49.3 Å². The molecule has 2 aromatic carbocycles. The molecule has 1 spiro atoms. The van der Waals surface area contributed by atoms with E-state index in [4.69, 9.17) is 9.47 Å². The van der Waals surface area contributed by atoms with Crippen LogP contribution in [-0.2, 0) is 21.6 Å². The Balaban J connectivity index is 1.57. The first kappa shape index (κ1) is 28.0. The Kier molecular flexibility index (Phi) is 8.07. The fourth-order valence-corrected chi connectivity index (χ4v) is 6.18. The maximum Gasteiger partial charge on any atom is 0.320 e. The van der Waals surface area contributed by atoms with Crippen LogP contribution in [-0.4, -0.2) is 72.1 Å². The number of urea groups is 1. The summed E-state index contributed by atoms with van der Waals surface area (Å²) in [5, 5.41) is 0. The number of methoxy groups -OCH3 is 1. The summed E-state index contributed by atoms with van der Waals surface area (Å²) in [6.07, 6.45) is 3.82. The standard InChI is InChI=1S/C31H43N3O4/c1-29(2,3)38-27(35)16-21-34-28(36)33(22-24-12-14-26(37-6)15-13-24)23-30(34)17-19-31(20-18-30,32(4)5)25-10-8-7-9-11-25/h7-15H,16-23H2,1-6H3/t30-,31+. The van der Waals surface area contributed by atoms with Crippen LogP contribution in [0.2, 0.25) is 0 Å². The van der Waals surface area contributed by atoms with E-state index in [0.717, 1.165) is 37.0 Å². The molecule has 0 unspecified atom stereocenters. The van der Waals surface area contributed by atoms with Gasteiger partial charge in [0.15, 0.2) is 0 Å². The molecular weight excluding hydrogens is 478 g/mol. The summed E-state index contributed by atoms with van der Waals surface area (Å²) in [5.41, 5.74) is 1.46. The van der Waals surface area contributed by atoms with Crippen LogP contribution in [0, 0.1) is 0 Å². The van der Waals surface area contributed by atoms with Crippen molar-refractivity contribution in [3.8, 4) is 5.75 Å². The fraction of sp³-hybridized carbons (Fsp3) is 0.548. The molecule has 2 aliphatic rings. The summed E-state index contributed by atoms with van der Waals surface area (Å²) in [5.74, 6) is 0.530. The highest BCUT2D eigenvalue weighted by molar-refractivity contribution is 5.79. The number of ether oxygens (including phenoxy) is 2. The summed E-state index contributed by atoms with van der Waals surface area (Å²) in [4.78, 5) is 32.7. The number of hydrogen-bond donors (Lipinski definition) is 0. The van der Waals surface area contributed by atoms with Crippen molar-refractivity contribution >= 4 is 12.0 Å². The van der Waals surface area contributed by atoms with Gasteiger partial charge in [0.25, 0.3) is 0 Å². The molecule has 0 N–H and O–H groups in total. The molecule has 7 heteroatoms. The van der Waals surface area contributed by atoms with Crippen molar-refractivity contribution < 1.29 is 19.1 Å². The lowest BCUT2D eigenvalue weighted by Crippen LogP contribution is -2.55. The van der Waals surface area contributed by atoms with Crippen molar-refractivity contribution in [3.05, 3.63) is 65.7 Å². The van der Waals surface area contributed by atoms with Crippen molar-refractivity contribution in [2.45, 2.75) is 76.1 Å². The molecule has 2 aromatic rings. The van der Waals surface area contributed by atoms with Gasteiger partial charge in [0, 0.05) is 25.2 Å². The molecule has 0 radical (unpaired) electrons. The quantitative estimate of drug-likeness (QED) is 0.433. The Hall–Kier alpha value is -3.06. The Morgan fingerprint density at radius 3 is 2.16 bits per heavy atom. The van der Waals surface area contributed by atoms with Gasteiger partial charge in [0.2, 0.25) is 0 Å². The molecule has 1 aliphatic carbocycles. The number of carbonyl (C=O) groups excluding carboxylic acids is 2. The molecule has 2 amide bonds. The largest absolute Gasteiger partial charge is 0.497 e. The number of benzene rings is 2. The van der Waals surface area contributed by atoms with Crippen LogP contribution in [0.3, 0.4) is 0 Å². The van der Waals surface area contributed by atoms with E-state index in [-0.39, 0.29) is 29.5 Å². The molecule has 4 rings (SSSR count). The summed E-state index contributed by atoms with van der Waals surface area (Å²) >= 11 is 0. The minimum atomic E-state index is -0.546. The van der Waals surface area contributed by atoms with Gasteiger partial charge in [-0.15, -0.1) is 0 Å². The van der Waals surface area contributed by atoms with E-state index in [9.17, 15) is 9.59 Å². The first-order valence-corrected chi connectivity index (χ1v) is 13.6. The molecule has 38 heavy (non-hydrogen) atoms. The third-order valence-electron chi connectivity index (χ3n) is 8.23. The van der Waals surface area contributed by atoms with Crippen LogP contribution in [0.15, 0.2) is 54.6 Å². The molecule has 0 atom stereocenters. The Bertz CT molecular complexity index is 1100. The number of amides is 2. The minimum Gasteiger partial charge on any atom is -0.497 e. The van der Waals surface area contributed by atoms with Crippen molar-refractivity contribution in [2.75, 3.05) is 34.3 Å². The molecule has 7 nitrogen and oxygen atoms in total. The maximum atomic E-state index is 13.8. The first-order valence-electron chi connectivity index (χ1n) is 13.6. The zero-order valence-corrected chi connectivity index (χ0v) is 23.8. The highest BCUT2D eigenvalue weighted by Crippen LogP contribution is 2.49. The van der Waals surface area contributed by atoms with Gasteiger partial charge in [-0.25, -0.2) is 4.79 Å². The van der Waals surface area contributed by atoms with Gasteiger partial charge < -0.3 is 19.3 Å². The highest BCUT2D eigenvalue weighted by Gasteiger charge is 2.54. The second-order valence-electron chi connectivity index (χ2n) is 12.0.